The SMILES string of the molecule is COc1ccccc1-n1cc(C=O)c(-c2ccoc2)n1. The third-order valence-electron chi connectivity index (χ3n) is 3.00. The average Bonchev–Trinajstić information content (AvgIpc) is 3.15. The Kier molecular flexibility index (Phi) is 3.09. The molecule has 5 heteroatoms. The van der Waals surface area contributed by atoms with Crippen molar-refractivity contribution in [3.63, 3.8) is 0 Å². The number of carbonyl (C=O) groups excluding carboxylic acids is 1. The lowest BCUT2D eigenvalue weighted by atomic mass is 10.2. The molecular formula is C15H12N2O3. The lowest BCUT2D eigenvalue weighted by Crippen LogP contribution is -1.98. The third kappa shape index (κ3) is 1.99. The zero-order valence-electron chi connectivity index (χ0n) is 10.8. The molecule has 0 aliphatic carbocycles. The van der Waals surface area contributed by atoms with Crippen LogP contribution in [0.2, 0.25) is 0 Å². The summed E-state index contributed by atoms with van der Waals surface area (Å²) in [6.07, 6.45) is 5.56. The molecule has 0 fully saturated rings. The zero-order valence-corrected chi connectivity index (χ0v) is 10.8. The fourth-order valence-corrected chi connectivity index (χ4v) is 2.04. The fraction of sp³-hybridized carbons (Fsp3) is 0.0667. The number of hydrogen-bond donors (Lipinski definition) is 0. The van der Waals surface area contributed by atoms with Crippen molar-refractivity contribution in [2.45, 2.75) is 0 Å². The number of para-hydroxylation sites is 2. The number of aromatic nitrogens is 2. The van der Waals surface area contributed by atoms with E-state index in [1.165, 1.54) is 0 Å². The Morgan fingerprint density at radius 3 is 2.85 bits per heavy atom. The van der Waals surface area contributed by atoms with E-state index in [1.807, 2.05) is 24.3 Å². The molecule has 0 saturated heterocycles. The number of carbonyl (C=O) groups is 1. The van der Waals surface area contributed by atoms with Gasteiger partial charge in [0.05, 0.1) is 25.2 Å². The molecule has 0 saturated carbocycles. The molecule has 0 aliphatic heterocycles. The molecule has 0 unspecified atom stereocenters. The molecule has 0 spiro atoms. The first-order valence-electron chi connectivity index (χ1n) is 6.04. The van der Waals surface area contributed by atoms with Crippen LogP contribution in [0.3, 0.4) is 0 Å². The second-order valence-corrected chi connectivity index (χ2v) is 4.18. The predicted octanol–water partition coefficient (Wildman–Crippen LogP) is 2.95. The van der Waals surface area contributed by atoms with E-state index in [2.05, 4.69) is 5.10 Å². The number of hydrogen-bond acceptors (Lipinski definition) is 4. The van der Waals surface area contributed by atoms with Crippen molar-refractivity contribution in [1.82, 2.24) is 9.78 Å². The molecule has 0 N–H and O–H groups in total. The second-order valence-electron chi connectivity index (χ2n) is 4.18. The summed E-state index contributed by atoms with van der Waals surface area (Å²) < 4.78 is 12.0. The van der Waals surface area contributed by atoms with Crippen LogP contribution in [0.4, 0.5) is 0 Å². The van der Waals surface area contributed by atoms with Gasteiger partial charge in [-0.1, -0.05) is 12.1 Å². The summed E-state index contributed by atoms with van der Waals surface area (Å²) in [5.41, 5.74) is 2.62. The molecule has 3 aromatic rings. The molecule has 0 aliphatic rings. The normalized spacial score (nSPS) is 10.4. The summed E-state index contributed by atoms with van der Waals surface area (Å²) in [6.45, 7) is 0. The zero-order chi connectivity index (χ0) is 13.9. The minimum absolute atomic E-state index is 0.498. The van der Waals surface area contributed by atoms with Crippen LogP contribution >= 0.6 is 0 Å². The van der Waals surface area contributed by atoms with Gasteiger partial charge >= 0.3 is 0 Å². The largest absolute Gasteiger partial charge is 0.494 e. The molecule has 20 heavy (non-hydrogen) atoms. The van der Waals surface area contributed by atoms with E-state index < -0.39 is 0 Å². The van der Waals surface area contributed by atoms with Crippen LogP contribution in [-0.4, -0.2) is 23.2 Å². The number of rotatable bonds is 4. The quantitative estimate of drug-likeness (QED) is 0.683. The van der Waals surface area contributed by atoms with E-state index in [1.54, 1.807) is 36.6 Å². The molecule has 0 atom stereocenters. The topological polar surface area (TPSA) is 57.3 Å². The van der Waals surface area contributed by atoms with Crippen molar-refractivity contribution in [2.75, 3.05) is 7.11 Å². The lowest BCUT2D eigenvalue weighted by Gasteiger charge is -2.07. The van der Waals surface area contributed by atoms with Crippen LogP contribution in [-0.2, 0) is 0 Å². The molecule has 2 aromatic heterocycles. The van der Waals surface area contributed by atoms with Crippen LogP contribution in [0.25, 0.3) is 16.9 Å². The first-order chi connectivity index (χ1) is 9.83. The maximum atomic E-state index is 11.2. The standard InChI is InChI=1S/C15H12N2O3/c1-19-14-5-3-2-4-13(14)17-8-12(9-18)15(16-17)11-6-7-20-10-11/h2-10H,1H3. The van der Waals surface area contributed by atoms with Crippen LogP contribution in [0.1, 0.15) is 10.4 Å². The predicted molar refractivity (Wildman–Crippen MR) is 73.2 cm³/mol. The Hall–Kier alpha value is -2.82. The monoisotopic (exact) mass is 268 g/mol. The Bertz CT molecular complexity index is 729. The van der Waals surface area contributed by atoms with Gasteiger partial charge in [0.2, 0.25) is 0 Å². The maximum Gasteiger partial charge on any atom is 0.153 e. The van der Waals surface area contributed by atoms with Crippen molar-refractivity contribution >= 4 is 6.29 Å². The number of furan rings is 1. The molecule has 0 radical (unpaired) electrons. The molecule has 0 amide bonds. The van der Waals surface area contributed by atoms with Crippen LogP contribution in [0, 0.1) is 0 Å². The summed E-state index contributed by atoms with van der Waals surface area (Å²) in [7, 11) is 1.60. The highest BCUT2D eigenvalue weighted by Gasteiger charge is 2.14. The Balaban J connectivity index is 2.14. The highest BCUT2D eigenvalue weighted by Crippen LogP contribution is 2.26. The number of aldehydes is 1. The van der Waals surface area contributed by atoms with E-state index in [9.17, 15) is 4.79 Å². The van der Waals surface area contributed by atoms with Gasteiger partial charge in [0.1, 0.15) is 17.1 Å². The molecule has 0 bridgehead atoms. The minimum Gasteiger partial charge on any atom is -0.494 e. The second kappa shape index (κ2) is 5.05. The van der Waals surface area contributed by atoms with E-state index in [4.69, 9.17) is 9.15 Å². The number of benzene rings is 1. The highest BCUT2D eigenvalue weighted by molar-refractivity contribution is 5.85. The summed E-state index contributed by atoms with van der Waals surface area (Å²) in [5.74, 6) is 0.686. The van der Waals surface area contributed by atoms with E-state index >= 15 is 0 Å². The first kappa shape index (κ1) is 12.2. The molecule has 100 valence electrons. The Morgan fingerprint density at radius 2 is 2.15 bits per heavy atom. The Labute approximate surface area is 115 Å². The third-order valence-corrected chi connectivity index (χ3v) is 3.00. The smallest absolute Gasteiger partial charge is 0.153 e. The van der Waals surface area contributed by atoms with Gasteiger partial charge in [0, 0.05) is 11.8 Å². The molecule has 1 aromatic carbocycles. The first-order valence-corrected chi connectivity index (χ1v) is 6.04. The van der Waals surface area contributed by atoms with Crippen LogP contribution in [0.15, 0.2) is 53.5 Å². The van der Waals surface area contributed by atoms with Crippen molar-refractivity contribution < 1.29 is 13.9 Å². The maximum absolute atomic E-state index is 11.2. The molecule has 3 rings (SSSR count). The van der Waals surface area contributed by atoms with Gasteiger partial charge in [0.25, 0.3) is 0 Å². The van der Waals surface area contributed by atoms with Gasteiger partial charge in [-0.05, 0) is 18.2 Å². The fourth-order valence-electron chi connectivity index (χ4n) is 2.04. The van der Waals surface area contributed by atoms with Crippen molar-refractivity contribution in [3.8, 4) is 22.7 Å². The molecule has 2 heterocycles. The van der Waals surface area contributed by atoms with Gasteiger partial charge < -0.3 is 9.15 Å². The van der Waals surface area contributed by atoms with Crippen LogP contribution in [0.5, 0.6) is 5.75 Å². The number of ether oxygens (including phenoxy) is 1. The van der Waals surface area contributed by atoms with Gasteiger partial charge in [-0.25, -0.2) is 4.68 Å². The van der Waals surface area contributed by atoms with Crippen LogP contribution < -0.4 is 4.74 Å². The summed E-state index contributed by atoms with van der Waals surface area (Å²) in [4.78, 5) is 11.2. The summed E-state index contributed by atoms with van der Waals surface area (Å²) >= 11 is 0. The van der Waals surface area contributed by atoms with Gasteiger partial charge in [-0.15, -0.1) is 0 Å². The molecular weight excluding hydrogens is 256 g/mol. The number of nitrogens with zero attached hydrogens (tertiary/aromatic N) is 2. The van der Waals surface area contributed by atoms with E-state index in [-0.39, 0.29) is 0 Å². The van der Waals surface area contributed by atoms with Gasteiger partial charge in [-0.2, -0.15) is 5.10 Å². The van der Waals surface area contributed by atoms with E-state index in [0.29, 0.717) is 17.0 Å². The minimum atomic E-state index is 0.498. The molecule has 5 nitrogen and oxygen atoms in total. The number of methoxy groups -OCH3 is 1. The lowest BCUT2D eigenvalue weighted by molar-refractivity contribution is 0.112. The van der Waals surface area contributed by atoms with Gasteiger partial charge in [0.15, 0.2) is 6.29 Å². The van der Waals surface area contributed by atoms with Gasteiger partial charge in [-0.3, -0.25) is 4.79 Å². The summed E-state index contributed by atoms with van der Waals surface area (Å²) in [5, 5.41) is 4.45. The summed E-state index contributed by atoms with van der Waals surface area (Å²) in [6, 6.07) is 9.25. The van der Waals surface area contributed by atoms with Crippen molar-refractivity contribution in [1.29, 1.82) is 0 Å². The van der Waals surface area contributed by atoms with Crippen molar-refractivity contribution in [2.24, 2.45) is 0 Å². The van der Waals surface area contributed by atoms with E-state index in [0.717, 1.165) is 17.5 Å². The highest BCUT2D eigenvalue weighted by atomic mass is 16.5. The van der Waals surface area contributed by atoms with Crippen molar-refractivity contribution in [3.05, 3.63) is 54.6 Å². The average molecular weight is 268 g/mol. The Morgan fingerprint density at radius 1 is 1.30 bits per heavy atom.